The van der Waals surface area contributed by atoms with E-state index in [0.717, 1.165) is 5.56 Å². The van der Waals surface area contributed by atoms with E-state index in [4.69, 9.17) is 34.2 Å². The van der Waals surface area contributed by atoms with Gasteiger partial charge in [0.15, 0.2) is 5.82 Å². The van der Waals surface area contributed by atoms with Gasteiger partial charge in [0, 0.05) is 5.69 Å². The fraction of sp³-hybridized carbons (Fsp3) is 0.125. The lowest BCUT2D eigenvalue weighted by Crippen LogP contribution is -2.37. The number of carbonyl (C=O) groups excluding carboxylic acids is 1. The third-order valence-corrected chi connectivity index (χ3v) is 3.68. The highest BCUT2D eigenvalue weighted by Crippen LogP contribution is 2.27. The molecule has 2 aromatic carbocycles. The molecule has 0 bridgehead atoms. The fourth-order valence-corrected chi connectivity index (χ4v) is 2.41. The Morgan fingerprint density at radius 1 is 1.26 bits per heavy atom. The standard InChI is InChI=1S/C16H12Cl2FN3O/c17-12-6-11(7-13(18)15(12)19)22-16(23)14(21)5-9-1-3-10(8-20)4-2-9/h1-4,6-7,14H,5,21H2,(H,22,23). The quantitative estimate of drug-likeness (QED) is 0.827. The summed E-state index contributed by atoms with van der Waals surface area (Å²) in [4.78, 5) is 12.1. The Hall–Kier alpha value is -2.13. The summed E-state index contributed by atoms with van der Waals surface area (Å²) < 4.78 is 13.3. The van der Waals surface area contributed by atoms with Gasteiger partial charge < -0.3 is 11.1 Å². The van der Waals surface area contributed by atoms with E-state index in [1.165, 1.54) is 12.1 Å². The summed E-state index contributed by atoms with van der Waals surface area (Å²) in [6.45, 7) is 0. The molecule has 2 rings (SSSR count). The molecule has 118 valence electrons. The third kappa shape index (κ3) is 4.42. The van der Waals surface area contributed by atoms with E-state index in [-0.39, 0.29) is 15.7 Å². The van der Waals surface area contributed by atoms with Gasteiger partial charge in [-0.05, 0) is 36.2 Å². The minimum absolute atomic E-state index is 0.187. The number of rotatable bonds is 4. The zero-order chi connectivity index (χ0) is 17.0. The maximum absolute atomic E-state index is 13.3. The first-order valence-corrected chi connectivity index (χ1v) is 7.36. The summed E-state index contributed by atoms with van der Waals surface area (Å²) in [5, 5.41) is 10.9. The summed E-state index contributed by atoms with van der Waals surface area (Å²) in [6, 6.07) is 10.5. The molecule has 0 aliphatic heterocycles. The van der Waals surface area contributed by atoms with E-state index in [1.54, 1.807) is 24.3 Å². The van der Waals surface area contributed by atoms with Crippen LogP contribution in [0.4, 0.5) is 10.1 Å². The lowest BCUT2D eigenvalue weighted by molar-refractivity contribution is -0.117. The van der Waals surface area contributed by atoms with Crippen molar-refractivity contribution < 1.29 is 9.18 Å². The maximum atomic E-state index is 13.3. The summed E-state index contributed by atoms with van der Waals surface area (Å²) >= 11 is 11.3. The summed E-state index contributed by atoms with van der Waals surface area (Å²) in [7, 11) is 0. The zero-order valence-electron chi connectivity index (χ0n) is 11.8. The van der Waals surface area contributed by atoms with Crippen LogP contribution in [0.3, 0.4) is 0 Å². The van der Waals surface area contributed by atoms with Crippen molar-refractivity contribution in [1.29, 1.82) is 5.26 Å². The molecule has 0 saturated heterocycles. The molecule has 2 aromatic rings. The van der Waals surface area contributed by atoms with Crippen LogP contribution in [0.15, 0.2) is 36.4 Å². The van der Waals surface area contributed by atoms with Crippen molar-refractivity contribution in [1.82, 2.24) is 0 Å². The molecule has 1 unspecified atom stereocenters. The second kappa shape index (κ2) is 7.42. The molecule has 0 saturated carbocycles. The molecule has 0 heterocycles. The smallest absolute Gasteiger partial charge is 0.241 e. The first kappa shape index (κ1) is 17.2. The van der Waals surface area contributed by atoms with Crippen LogP contribution in [0.25, 0.3) is 0 Å². The number of nitrogens with one attached hydrogen (secondary N) is 1. The van der Waals surface area contributed by atoms with Crippen molar-refractivity contribution in [3.05, 3.63) is 63.4 Å². The minimum atomic E-state index is -0.814. The molecule has 0 aliphatic carbocycles. The highest BCUT2D eigenvalue weighted by molar-refractivity contribution is 6.35. The Balaban J connectivity index is 2.03. The van der Waals surface area contributed by atoms with E-state index >= 15 is 0 Å². The summed E-state index contributed by atoms with van der Waals surface area (Å²) in [5.74, 6) is -1.19. The van der Waals surface area contributed by atoms with Gasteiger partial charge in [-0.15, -0.1) is 0 Å². The van der Waals surface area contributed by atoms with E-state index in [9.17, 15) is 9.18 Å². The average Bonchev–Trinajstić information content (AvgIpc) is 2.53. The third-order valence-electron chi connectivity index (χ3n) is 3.13. The molecular formula is C16H12Cl2FN3O. The average molecular weight is 352 g/mol. The molecule has 1 atom stereocenters. The van der Waals surface area contributed by atoms with Crippen LogP contribution >= 0.6 is 23.2 Å². The molecule has 0 spiro atoms. The topological polar surface area (TPSA) is 78.9 Å². The van der Waals surface area contributed by atoms with Crippen molar-refractivity contribution in [3.8, 4) is 6.07 Å². The fourth-order valence-electron chi connectivity index (χ4n) is 1.92. The molecule has 0 aliphatic rings. The Morgan fingerprint density at radius 3 is 2.35 bits per heavy atom. The summed E-state index contributed by atoms with van der Waals surface area (Å²) in [5.41, 5.74) is 7.47. The lowest BCUT2D eigenvalue weighted by atomic mass is 10.0. The number of hydrogen-bond donors (Lipinski definition) is 2. The van der Waals surface area contributed by atoms with Crippen molar-refractivity contribution in [2.24, 2.45) is 5.73 Å². The van der Waals surface area contributed by atoms with Gasteiger partial charge in [-0.3, -0.25) is 4.79 Å². The Labute approximate surface area is 142 Å². The number of amides is 1. The first-order chi connectivity index (χ1) is 10.9. The van der Waals surface area contributed by atoms with Gasteiger partial charge in [0.2, 0.25) is 5.91 Å². The largest absolute Gasteiger partial charge is 0.325 e. The minimum Gasteiger partial charge on any atom is -0.325 e. The number of nitriles is 1. The van der Waals surface area contributed by atoms with Crippen LogP contribution in [0.5, 0.6) is 0 Å². The van der Waals surface area contributed by atoms with Crippen LogP contribution in [0, 0.1) is 17.1 Å². The molecule has 0 aromatic heterocycles. The number of hydrogen-bond acceptors (Lipinski definition) is 3. The number of nitrogens with zero attached hydrogens (tertiary/aromatic N) is 1. The molecular weight excluding hydrogens is 340 g/mol. The van der Waals surface area contributed by atoms with Gasteiger partial charge in [-0.1, -0.05) is 35.3 Å². The predicted molar refractivity (Wildman–Crippen MR) is 87.9 cm³/mol. The molecule has 3 N–H and O–H groups in total. The number of halogens is 3. The maximum Gasteiger partial charge on any atom is 0.241 e. The predicted octanol–water partition coefficient (Wildman–Crippen LogP) is 3.51. The second-order valence-electron chi connectivity index (χ2n) is 4.86. The Bertz CT molecular complexity index is 749. The van der Waals surface area contributed by atoms with Crippen molar-refractivity contribution >= 4 is 34.8 Å². The van der Waals surface area contributed by atoms with E-state index in [1.807, 2.05) is 6.07 Å². The first-order valence-electron chi connectivity index (χ1n) is 6.60. The van der Waals surface area contributed by atoms with Crippen LogP contribution in [-0.2, 0) is 11.2 Å². The lowest BCUT2D eigenvalue weighted by Gasteiger charge is -2.13. The van der Waals surface area contributed by atoms with Gasteiger partial charge in [0.05, 0.1) is 27.7 Å². The molecule has 7 heteroatoms. The van der Waals surface area contributed by atoms with Gasteiger partial charge in [0.25, 0.3) is 0 Å². The monoisotopic (exact) mass is 351 g/mol. The SMILES string of the molecule is N#Cc1ccc(CC(N)C(=O)Nc2cc(Cl)c(F)c(Cl)c2)cc1. The van der Waals surface area contributed by atoms with Gasteiger partial charge >= 0.3 is 0 Å². The van der Waals surface area contributed by atoms with E-state index in [2.05, 4.69) is 5.32 Å². The highest BCUT2D eigenvalue weighted by atomic mass is 35.5. The van der Waals surface area contributed by atoms with Crippen LogP contribution < -0.4 is 11.1 Å². The van der Waals surface area contributed by atoms with Crippen LogP contribution in [0.1, 0.15) is 11.1 Å². The Kier molecular flexibility index (Phi) is 5.56. The van der Waals surface area contributed by atoms with Crippen molar-refractivity contribution in [2.75, 3.05) is 5.32 Å². The van der Waals surface area contributed by atoms with Crippen molar-refractivity contribution in [2.45, 2.75) is 12.5 Å². The molecule has 1 amide bonds. The number of benzene rings is 2. The number of nitrogens with two attached hydrogens (primary N) is 1. The summed E-state index contributed by atoms with van der Waals surface area (Å²) in [6.07, 6.45) is 0.292. The van der Waals surface area contributed by atoms with E-state index in [0.29, 0.717) is 12.0 Å². The zero-order valence-corrected chi connectivity index (χ0v) is 13.3. The normalized spacial score (nSPS) is 11.6. The second-order valence-corrected chi connectivity index (χ2v) is 5.68. The molecule has 4 nitrogen and oxygen atoms in total. The molecule has 0 radical (unpaired) electrons. The molecule has 0 fully saturated rings. The van der Waals surface area contributed by atoms with Gasteiger partial charge in [-0.25, -0.2) is 4.39 Å². The van der Waals surface area contributed by atoms with Gasteiger partial charge in [0.1, 0.15) is 0 Å². The molecule has 23 heavy (non-hydrogen) atoms. The van der Waals surface area contributed by atoms with E-state index < -0.39 is 17.8 Å². The number of anilines is 1. The highest BCUT2D eigenvalue weighted by Gasteiger charge is 2.16. The van der Waals surface area contributed by atoms with Crippen LogP contribution in [0.2, 0.25) is 10.0 Å². The van der Waals surface area contributed by atoms with Crippen molar-refractivity contribution in [3.63, 3.8) is 0 Å². The number of carbonyl (C=O) groups is 1. The van der Waals surface area contributed by atoms with Gasteiger partial charge in [-0.2, -0.15) is 5.26 Å². The van der Waals surface area contributed by atoms with Crippen LogP contribution in [-0.4, -0.2) is 11.9 Å². The Morgan fingerprint density at radius 2 is 1.83 bits per heavy atom.